The molecule has 3 rings (SSSR count). The number of pyridine rings is 1. The van der Waals surface area contributed by atoms with E-state index in [4.69, 9.17) is 9.15 Å². The Labute approximate surface area is 143 Å². The molecule has 126 valence electrons. The zero-order chi connectivity index (χ0) is 17.8. The Morgan fingerprint density at radius 1 is 1.28 bits per heavy atom. The second kappa shape index (κ2) is 7.00. The number of aromatic nitrogens is 1. The van der Waals surface area contributed by atoms with Gasteiger partial charge in [0.1, 0.15) is 5.58 Å². The van der Waals surface area contributed by atoms with Crippen LogP contribution in [0, 0.1) is 0 Å². The summed E-state index contributed by atoms with van der Waals surface area (Å²) in [5.41, 5.74) is 1.77. The number of para-hydroxylation sites is 1. The number of benzene rings is 1. The maximum atomic E-state index is 11.7. The molecule has 0 aliphatic rings. The highest BCUT2D eigenvalue weighted by Gasteiger charge is 2.15. The van der Waals surface area contributed by atoms with E-state index in [-0.39, 0.29) is 23.4 Å². The summed E-state index contributed by atoms with van der Waals surface area (Å²) in [4.78, 5) is 27.3. The third-order valence-electron chi connectivity index (χ3n) is 3.59. The first-order valence-corrected chi connectivity index (χ1v) is 7.65. The van der Waals surface area contributed by atoms with Gasteiger partial charge in [0, 0.05) is 17.1 Å². The summed E-state index contributed by atoms with van der Waals surface area (Å²) < 4.78 is 10.3. The number of aromatic carboxylic acids is 1. The van der Waals surface area contributed by atoms with E-state index in [0.717, 1.165) is 10.9 Å². The Kier molecular flexibility index (Phi) is 4.61. The maximum Gasteiger partial charge on any atom is 0.339 e. The Balaban J connectivity index is 1.98. The number of carboxylic acid groups (broad SMARTS) is 1. The quantitative estimate of drug-likeness (QED) is 0.711. The van der Waals surface area contributed by atoms with Crippen LogP contribution in [-0.4, -0.2) is 28.6 Å². The highest BCUT2D eigenvalue weighted by molar-refractivity contribution is 5.97. The molecule has 0 spiro atoms. The van der Waals surface area contributed by atoms with Gasteiger partial charge in [0.2, 0.25) is 0 Å². The summed E-state index contributed by atoms with van der Waals surface area (Å²) in [6.07, 6.45) is 6.20. The van der Waals surface area contributed by atoms with E-state index in [1.165, 1.54) is 12.3 Å². The van der Waals surface area contributed by atoms with Gasteiger partial charge in [-0.25, -0.2) is 9.59 Å². The molecule has 0 amide bonds. The van der Waals surface area contributed by atoms with Gasteiger partial charge in [-0.1, -0.05) is 18.2 Å². The van der Waals surface area contributed by atoms with Crippen molar-refractivity contribution in [1.82, 2.24) is 4.98 Å². The molecule has 2 aromatic heterocycles. The van der Waals surface area contributed by atoms with Gasteiger partial charge in [-0.05, 0) is 31.2 Å². The fourth-order valence-electron chi connectivity index (χ4n) is 2.42. The molecule has 25 heavy (non-hydrogen) atoms. The van der Waals surface area contributed by atoms with Crippen molar-refractivity contribution in [3.8, 4) is 0 Å². The number of esters is 1. The fourth-order valence-corrected chi connectivity index (χ4v) is 2.42. The summed E-state index contributed by atoms with van der Waals surface area (Å²) in [5.74, 6) is -1.78. The average Bonchev–Trinajstić information content (AvgIpc) is 3.09. The average molecular weight is 337 g/mol. The second-order valence-corrected chi connectivity index (χ2v) is 5.20. The van der Waals surface area contributed by atoms with Crippen molar-refractivity contribution >= 4 is 35.1 Å². The van der Waals surface area contributed by atoms with Crippen LogP contribution in [0.25, 0.3) is 23.1 Å². The van der Waals surface area contributed by atoms with E-state index in [1.54, 1.807) is 25.3 Å². The van der Waals surface area contributed by atoms with E-state index >= 15 is 0 Å². The molecule has 0 saturated carbocycles. The van der Waals surface area contributed by atoms with Gasteiger partial charge in [0.05, 0.1) is 29.7 Å². The maximum absolute atomic E-state index is 11.7. The zero-order valence-electron chi connectivity index (χ0n) is 13.4. The predicted octanol–water partition coefficient (Wildman–Crippen LogP) is 3.87. The molecular formula is C19H15NO5. The van der Waals surface area contributed by atoms with Crippen LogP contribution in [0.15, 0.2) is 47.2 Å². The number of rotatable bonds is 5. The van der Waals surface area contributed by atoms with Gasteiger partial charge in [0.25, 0.3) is 0 Å². The lowest BCUT2D eigenvalue weighted by molar-refractivity contribution is 0.0526. The summed E-state index contributed by atoms with van der Waals surface area (Å²) in [6.45, 7) is 1.88. The Bertz CT molecular complexity index is 971. The molecular weight excluding hydrogens is 322 g/mol. The molecule has 0 bridgehead atoms. The fraction of sp³-hybridized carbons (Fsp3) is 0.105. The van der Waals surface area contributed by atoms with Gasteiger partial charge < -0.3 is 14.3 Å². The predicted molar refractivity (Wildman–Crippen MR) is 92.3 cm³/mol. The number of carbonyl (C=O) groups excluding carboxylic acids is 1. The van der Waals surface area contributed by atoms with Crippen LogP contribution in [0.4, 0.5) is 0 Å². The summed E-state index contributed by atoms with van der Waals surface area (Å²) >= 11 is 0. The van der Waals surface area contributed by atoms with Crippen LogP contribution < -0.4 is 0 Å². The molecule has 0 radical (unpaired) electrons. The first kappa shape index (κ1) is 16.4. The number of fused-ring (bicyclic) bond motifs is 1. The van der Waals surface area contributed by atoms with Crippen molar-refractivity contribution < 1.29 is 23.8 Å². The minimum absolute atomic E-state index is 0.0755. The number of carbonyl (C=O) groups is 2. The molecule has 6 heteroatoms. The molecule has 1 aromatic carbocycles. The molecule has 0 fully saturated rings. The molecule has 0 atom stereocenters. The van der Waals surface area contributed by atoms with Gasteiger partial charge in [-0.2, -0.15) is 0 Å². The normalized spacial score (nSPS) is 11.1. The highest BCUT2D eigenvalue weighted by atomic mass is 16.5. The number of hydrogen-bond acceptors (Lipinski definition) is 5. The molecule has 0 saturated heterocycles. The van der Waals surface area contributed by atoms with Crippen molar-refractivity contribution in [2.45, 2.75) is 6.92 Å². The molecule has 0 unspecified atom stereocenters. The molecule has 3 aromatic rings. The van der Waals surface area contributed by atoms with Gasteiger partial charge in [-0.3, -0.25) is 4.98 Å². The summed E-state index contributed by atoms with van der Waals surface area (Å²) in [7, 11) is 0. The Morgan fingerprint density at radius 2 is 2.12 bits per heavy atom. The van der Waals surface area contributed by atoms with Gasteiger partial charge in [0.15, 0.2) is 0 Å². The third-order valence-corrected chi connectivity index (χ3v) is 3.59. The molecule has 0 aliphatic carbocycles. The van der Waals surface area contributed by atoms with Gasteiger partial charge in [-0.15, -0.1) is 0 Å². The molecule has 2 heterocycles. The van der Waals surface area contributed by atoms with Crippen LogP contribution in [0.1, 0.15) is 38.9 Å². The van der Waals surface area contributed by atoms with Crippen molar-refractivity contribution in [1.29, 1.82) is 0 Å². The first-order valence-electron chi connectivity index (χ1n) is 7.65. The Morgan fingerprint density at radius 3 is 2.88 bits per heavy atom. The van der Waals surface area contributed by atoms with Crippen molar-refractivity contribution in [3.63, 3.8) is 0 Å². The number of ether oxygens (including phenoxy) is 1. The van der Waals surface area contributed by atoms with Crippen molar-refractivity contribution in [3.05, 3.63) is 65.2 Å². The van der Waals surface area contributed by atoms with E-state index in [9.17, 15) is 14.7 Å². The number of hydrogen-bond donors (Lipinski definition) is 1. The first-order chi connectivity index (χ1) is 12.1. The lowest BCUT2D eigenvalue weighted by atomic mass is 10.1. The minimum Gasteiger partial charge on any atom is -0.478 e. The lowest BCUT2D eigenvalue weighted by Gasteiger charge is -2.05. The largest absolute Gasteiger partial charge is 0.478 e. The van der Waals surface area contributed by atoms with Crippen LogP contribution in [0.5, 0.6) is 0 Å². The van der Waals surface area contributed by atoms with Crippen LogP contribution in [-0.2, 0) is 4.74 Å². The van der Waals surface area contributed by atoms with Crippen LogP contribution in [0.3, 0.4) is 0 Å². The van der Waals surface area contributed by atoms with Crippen LogP contribution >= 0.6 is 0 Å². The second-order valence-electron chi connectivity index (χ2n) is 5.20. The van der Waals surface area contributed by atoms with E-state index < -0.39 is 11.9 Å². The summed E-state index contributed by atoms with van der Waals surface area (Å²) in [6, 6.07) is 8.77. The van der Waals surface area contributed by atoms with Gasteiger partial charge >= 0.3 is 11.9 Å². The highest BCUT2D eigenvalue weighted by Crippen LogP contribution is 2.22. The number of nitrogens with zero attached hydrogens (tertiary/aromatic N) is 1. The van der Waals surface area contributed by atoms with E-state index in [2.05, 4.69) is 4.98 Å². The summed E-state index contributed by atoms with van der Waals surface area (Å²) in [5, 5.41) is 10.3. The number of carboxylic acids is 1. The van der Waals surface area contributed by atoms with Crippen LogP contribution in [0.2, 0.25) is 0 Å². The lowest BCUT2D eigenvalue weighted by Crippen LogP contribution is -2.09. The molecule has 6 nitrogen and oxygen atoms in total. The van der Waals surface area contributed by atoms with Crippen molar-refractivity contribution in [2.24, 2.45) is 0 Å². The topological polar surface area (TPSA) is 89.6 Å². The SMILES string of the molecule is CCOC(=O)c1cnc(/C=C/c2cccc3ccoc23)c(C(=O)O)c1. The number of furan rings is 1. The third kappa shape index (κ3) is 3.42. The molecule has 0 aliphatic heterocycles. The Hall–Kier alpha value is -3.41. The standard InChI is InChI=1S/C19H15NO5/c1-2-24-19(23)14-10-15(18(21)22)16(20-11-14)7-6-12-4-3-5-13-8-9-25-17(12)13/h3-11H,2H2,1H3,(H,21,22)/b7-6+. The zero-order valence-corrected chi connectivity index (χ0v) is 13.4. The minimum atomic E-state index is -1.17. The monoisotopic (exact) mass is 337 g/mol. The smallest absolute Gasteiger partial charge is 0.339 e. The van der Waals surface area contributed by atoms with E-state index in [1.807, 2.05) is 24.3 Å². The van der Waals surface area contributed by atoms with E-state index in [0.29, 0.717) is 5.58 Å². The molecule has 1 N–H and O–H groups in total. The van der Waals surface area contributed by atoms with Crippen molar-refractivity contribution in [2.75, 3.05) is 6.61 Å².